The maximum Gasteiger partial charge on any atom is 0.418 e. The number of nitrogens with zero attached hydrogens (tertiary/aromatic N) is 2. The highest BCUT2D eigenvalue weighted by atomic mass is 35.5. The van der Waals surface area contributed by atoms with E-state index in [-0.39, 0.29) is 19.4 Å². The van der Waals surface area contributed by atoms with E-state index in [0.717, 1.165) is 23.2 Å². The second kappa shape index (κ2) is 9.41. The van der Waals surface area contributed by atoms with Gasteiger partial charge in [-0.2, -0.15) is 13.2 Å². The Labute approximate surface area is 210 Å². The minimum Gasteiger partial charge on any atom is -0.298 e. The number of aryl methyl sites for hydroxylation is 1. The number of hydrogen-bond acceptors (Lipinski definition) is 6. The molecule has 4 aromatic rings. The molecule has 0 aliphatic heterocycles. The first-order chi connectivity index (χ1) is 16.8. The predicted molar refractivity (Wildman–Crippen MR) is 127 cm³/mol. The third-order valence-electron chi connectivity index (χ3n) is 5.19. The molecular formula is C23H15ClF4N2O4S2. The van der Waals surface area contributed by atoms with Crippen LogP contribution >= 0.6 is 22.9 Å². The molecule has 0 radical (unpaired) electrons. The minimum atomic E-state index is -5.10. The number of Topliss-reactive ketones (excluding diaryl/α,β-unsaturated/α-hetero) is 1. The number of hydrogen-bond donors (Lipinski definition) is 0. The van der Waals surface area contributed by atoms with E-state index in [1.165, 1.54) is 18.2 Å². The quantitative estimate of drug-likeness (QED) is 0.305. The van der Waals surface area contributed by atoms with Gasteiger partial charge in [-0.05, 0) is 54.4 Å². The highest BCUT2D eigenvalue weighted by Gasteiger charge is 2.37. The zero-order valence-corrected chi connectivity index (χ0v) is 20.7. The van der Waals surface area contributed by atoms with Gasteiger partial charge in [0.25, 0.3) is 5.56 Å². The van der Waals surface area contributed by atoms with Crippen molar-refractivity contribution in [1.29, 1.82) is 0 Å². The summed E-state index contributed by atoms with van der Waals surface area (Å²) in [6.07, 6.45) is -5.07. The third-order valence-corrected chi connectivity index (χ3v) is 8.68. The van der Waals surface area contributed by atoms with Crippen molar-refractivity contribution in [3.8, 4) is 5.69 Å². The van der Waals surface area contributed by atoms with Crippen LogP contribution in [0.1, 0.15) is 16.7 Å². The van der Waals surface area contributed by atoms with Crippen LogP contribution in [0.2, 0.25) is 4.34 Å². The predicted octanol–water partition coefficient (Wildman–Crippen LogP) is 5.15. The molecular weight excluding hydrogens is 544 g/mol. The lowest BCUT2D eigenvalue weighted by Crippen LogP contribution is -2.24. The molecule has 0 spiro atoms. The monoisotopic (exact) mass is 558 g/mol. The van der Waals surface area contributed by atoms with Crippen molar-refractivity contribution in [3.05, 3.63) is 86.0 Å². The van der Waals surface area contributed by atoms with Gasteiger partial charge < -0.3 is 0 Å². The molecule has 0 unspecified atom stereocenters. The fourth-order valence-electron chi connectivity index (χ4n) is 3.64. The first kappa shape index (κ1) is 26.0. The zero-order valence-electron chi connectivity index (χ0n) is 18.3. The molecule has 13 heteroatoms. The smallest absolute Gasteiger partial charge is 0.298 e. The number of carbonyl (C=O) groups excluding carboxylic acids is 1. The van der Waals surface area contributed by atoms with Crippen LogP contribution in [0.25, 0.3) is 16.6 Å². The molecule has 2 heterocycles. The van der Waals surface area contributed by atoms with Crippen molar-refractivity contribution >= 4 is 49.5 Å². The van der Waals surface area contributed by atoms with Gasteiger partial charge in [-0.1, -0.05) is 17.7 Å². The normalized spacial score (nSPS) is 12.3. The summed E-state index contributed by atoms with van der Waals surface area (Å²) in [6.45, 7) is 1.74. The van der Waals surface area contributed by atoms with E-state index >= 15 is 4.39 Å². The molecule has 0 aliphatic rings. The summed E-state index contributed by atoms with van der Waals surface area (Å²) in [7, 11) is -4.07. The van der Waals surface area contributed by atoms with Crippen molar-refractivity contribution < 1.29 is 30.8 Å². The fraction of sp³-hybridized carbons (Fsp3) is 0.174. The van der Waals surface area contributed by atoms with Gasteiger partial charge in [-0.3, -0.25) is 14.2 Å². The third kappa shape index (κ3) is 5.20. The van der Waals surface area contributed by atoms with E-state index in [4.69, 9.17) is 11.6 Å². The van der Waals surface area contributed by atoms with Crippen molar-refractivity contribution in [2.75, 3.05) is 5.75 Å². The van der Waals surface area contributed by atoms with Crippen molar-refractivity contribution in [3.63, 3.8) is 0 Å². The number of fused-ring (bicyclic) bond motifs is 1. The van der Waals surface area contributed by atoms with Gasteiger partial charge in [0.15, 0.2) is 15.6 Å². The average molecular weight is 559 g/mol. The molecule has 2 aromatic heterocycles. The molecule has 0 aliphatic carbocycles. The molecule has 36 heavy (non-hydrogen) atoms. The maximum absolute atomic E-state index is 15.1. The lowest BCUT2D eigenvalue weighted by atomic mass is 10.0. The second-order valence-electron chi connectivity index (χ2n) is 7.94. The van der Waals surface area contributed by atoms with E-state index in [1.807, 2.05) is 0 Å². The van der Waals surface area contributed by atoms with Gasteiger partial charge in [-0.25, -0.2) is 17.8 Å². The Kier molecular flexibility index (Phi) is 6.80. The van der Waals surface area contributed by atoms with Gasteiger partial charge in [0, 0.05) is 6.42 Å². The van der Waals surface area contributed by atoms with Gasteiger partial charge in [0.2, 0.25) is 0 Å². The first-order valence-electron chi connectivity index (χ1n) is 10.1. The largest absolute Gasteiger partial charge is 0.418 e. The minimum absolute atomic E-state index is 0.00577. The van der Waals surface area contributed by atoms with Crippen molar-refractivity contribution in [2.45, 2.75) is 23.7 Å². The average Bonchev–Trinajstić information content (AvgIpc) is 3.20. The summed E-state index contributed by atoms with van der Waals surface area (Å²) in [6, 6.07) is 8.26. The van der Waals surface area contributed by atoms with Crippen LogP contribution in [0, 0.1) is 12.7 Å². The van der Waals surface area contributed by atoms with Crippen molar-refractivity contribution in [2.24, 2.45) is 0 Å². The summed E-state index contributed by atoms with van der Waals surface area (Å²) < 4.78 is 82.1. The number of thiophene rings is 1. The fourth-order valence-corrected chi connectivity index (χ4v) is 6.45. The Morgan fingerprint density at radius 2 is 1.86 bits per heavy atom. The Morgan fingerprint density at radius 1 is 1.14 bits per heavy atom. The van der Waals surface area contributed by atoms with Crippen LogP contribution in [-0.4, -0.2) is 29.5 Å². The van der Waals surface area contributed by atoms with Gasteiger partial charge in [-0.15, -0.1) is 11.3 Å². The highest BCUT2D eigenvalue weighted by Crippen LogP contribution is 2.36. The number of ketones is 1. The molecule has 0 N–H and O–H groups in total. The van der Waals surface area contributed by atoms with Crippen LogP contribution < -0.4 is 5.56 Å². The number of benzene rings is 2. The SMILES string of the molecule is Cc1ccc2c(=O)n(-c3c(F)cc(CC(=O)CS(=O)(=O)c4ccc(Cl)s4)cc3C(F)(F)F)cnc2c1. The zero-order chi connectivity index (χ0) is 26.4. The molecule has 2 aromatic carbocycles. The van der Waals surface area contributed by atoms with Crippen LogP contribution in [0.3, 0.4) is 0 Å². The van der Waals surface area contributed by atoms with E-state index in [9.17, 15) is 31.2 Å². The van der Waals surface area contributed by atoms with Gasteiger partial charge in [0.1, 0.15) is 22.1 Å². The molecule has 0 bridgehead atoms. The molecule has 0 atom stereocenters. The van der Waals surface area contributed by atoms with E-state index in [0.29, 0.717) is 16.7 Å². The molecule has 188 valence electrons. The lowest BCUT2D eigenvalue weighted by molar-refractivity contribution is -0.137. The topological polar surface area (TPSA) is 86.1 Å². The summed E-state index contributed by atoms with van der Waals surface area (Å²) in [4.78, 5) is 29.3. The molecule has 0 saturated heterocycles. The van der Waals surface area contributed by atoms with Gasteiger partial charge in [0.05, 0.1) is 26.5 Å². The van der Waals surface area contributed by atoms with E-state index in [2.05, 4.69) is 4.98 Å². The van der Waals surface area contributed by atoms with E-state index < -0.39 is 62.2 Å². The highest BCUT2D eigenvalue weighted by molar-refractivity contribution is 7.94. The number of sulfone groups is 1. The molecule has 4 rings (SSSR count). The molecule has 0 fully saturated rings. The van der Waals surface area contributed by atoms with Crippen LogP contribution in [-0.2, 0) is 27.2 Å². The number of alkyl halides is 3. The standard InChI is InChI=1S/C23H15ClF4N2O4S2/c1-12-2-3-15-18(6-12)29-11-30(22(15)32)21-16(23(26,27)28)8-13(9-17(21)25)7-14(31)10-36(33,34)20-5-4-19(24)35-20/h2-6,8-9,11H,7,10H2,1H3. The second-order valence-corrected chi connectivity index (χ2v) is 11.9. The van der Waals surface area contributed by atoms with Gasteiger partial charge >= 0.3 is 6.18 Å². The lowest BCUT2D eigenvalue weighted by Gasteiger charge is -2.17. The Balaban J connectivity index is 1.74. The summed E-state index contributed by atoms with van der Waals surface area (Å²) in [5.74, 6) is -3.36. The maximum atomic E-state index is 15.1. The summed E-state index contributed by atoms with van der Waals surface area (Å²) >= 11 is 6.45. The van der Waals surface area contributed by atoms with Crippen LogP contribution in [0.5, 0.6) is 0 Å². The van der Waals surface area contributed by atoms with Crippen molar-refractivity contribution in [1.82, 2.24) is 9.55 Å². The Morgan fingerprint density at radius 3 is 2.50 bits per heavy atom. The Hall–Kier alpha value is -3.09. The molecule has 0 amide bonds. The number of carbonyl (C=O) groups is 1. The number of rotatable bonds is 6. The summed E-state index contributed by atoms with van der Waals surface area (Å²) in [5.41, 5.74) is -2.87. The van der Waals surface area contributed by atoms with Crippen LogP contribution in [0.15, 0.2) is 57.8 Å². The molecule has 6 nitrogen and oxygen atoms in total. The van der Waals surface area contributed by atoms with Crippen LogP contribution in [0.4, 0.5) is 17.6 Å². The number of aromatic nitrogens is 2. The summed E-state index contributed by atoms with van der Waals surface area (Å²) in [5, 5.41) is -0.00577. The molecule has 0 saturated carbocycles. The van der Waals surface area contributed by atoms with E-state index in [1.54, 1.807) is 19.1 Å². The number of halogens is 5. The Bertz CT molecular complexity index is 1680. The first-order valence-corrected chi connectivity index (χ1v) is 13.0.